The minimum Gasteiger partial charge on any atom is -0.231 e. The Morgan fingerprint density at radius 3 is 2.62 bits per heavy atom. The minimum absolute atomic E-state index is 0.323. The summed E-state index contributed by atoms with van der Waals surface area (Å²) in [6.07, 6.45) is 0. The van der Waals surface area contributed by atoms with Crippen molar-refractivity contribution < 1.29 is 9.78 Å². The van der Waals surface area contributed by atoms with Crippen molar-refractivity contribution >= 4 is 0 Å². The molecule has 0 aliphatic heterocycles. The van der Waals surface area contributed by atoms with Gasteiger partial charge in [-0.3, -0.25) is 0 Å². The highest BCUT2D eigenvalue weighted by atomic mass is 17.2. The SMILES string of the molecule is CC#CCOOCc1ccccc1. The van der Waals surface area contributed by atoms with Gasteiger partial charge in [0.25, 0.3) is 0 Å². The molecule has 0 N–H and O–H groups in total. The zero-order valence-electron chi connectivity index (χ0n) is 7.62. The first-order chi connectivity index (χ1) is 6.43. The number of hydrogen-bond donors (Lipinski definition) is 0. The van der Waals surface area contributed by atoms with Crippen LogP contribution in [0.15, 0.2) is 30.3 Å². The molecule has 0 heterocycles. The van der Waals surface area contributed by atoms with E-state index in [2.05, 4.69) is 11.8 Å². The van der Waals surface area contributed by atoms with E-state index in [0.29, 0.717) is 13.2 Å². The summed E-state index contributed by atoms with van der Waals surface area (Å²) in [6.45, 7) is 2.55. The van der Waals surface area contributed by atoms with E-state index in [1.807, 2.05) is 30.3 Å². The molecule has 1 aromatic rings. The van der Waals surface area contributed by atoms with Crippen LogP contribution in [0, 0.1) is 11.8 Å². The lowest BCUT2D eigenvalue weighted by molar-refractivity contribution is -0.294. The van der Waals surface area contributed by atoms with Gasteiger partial charge in [-0.05, 0) is 12.5 Å². The molecule has 0 atom stereocenters. The van der Waals surface area contributed by atoms with Gasteiger partial charge in [0.05, 0.1) is 0 Å². The van der Waals surface area contributed by atoms with Gasteiger partial charge in [-0.1, -0.05) is 36.3 Å². The first-order valence-corrected chi connectivity index (χ1v) is 4.11. The molecule has 1 rings (SSSR count). The van der Waals surface area contributed by atoms with Crippen molar-refractivity contribution in [2.24, 2.45) is 0 Å². The van der Waals surface area contributed by atoms with E-state index in [-0.39, 0.29) is 0 Å². The monoisotopic (exact) mass is 176 g/mol. The predicted molar refractivity (Wildman–Crippen MR) is 50.6 cm³/mol. The van der Waals surface area contributed by atoms with Gasteiger partial charge in [-0.2, -0.15) is 0 Å². The largest absolute Gasteiger partial charge is 0.231 e. The molecule has 0 aliphatic carbocycles. The molecule has 0 saturated heterocycles. The highest BCUT2D eigenvalue weighted by molar-refractivity contribution is 5.13. The van der Waals surface area contributed by atoms with E-state index in [4.69, 9.17) is 9.78 Å². The zero-order valence-corrected chi connectivity index (χ0v) is 7.62. The number of rotatable bonds is 4. The van der Waals surface area contributed by atoms with Gasteiger partial charge in [0.15, 0.2) is 0 Å². The van der Waals surface area contributed by atoms with Crippen LogP contribution in [-0.4, -0.2) is 6.61 Å². The van der Waals surface area contributed by atoms with Gasteiger partial charge in [-0.15, -0.1) is 5.92 Å². The molecule has 0 aliphatic rings. The molecule has 0 aromatic heterocycles. The molecule has 0 radical (unpaired) electrons. The highest BCUT2D eigenvalue weighted by Gasteiger charge is 1.90. The van der Waals surface area contributed by atoms with Crippen molar-refractivity contribution in [1.29, 1.82) is 0 Å². The average Bonchev–Trinajstić information content (AvgIpc) is 2.19. The van der Waals surface area contributed by atoms with Crippen LogP contribution in [0.1, 0.15) is 12.5 Å². The summed E-state index contributed by atoms with van der Waals surface area (Å²) in [4.78, 5) is 9.72. The van der Waals surface area contributed by atoms with Crippen molar-refractivity contribution in [3.8, 4) is 11.8 Å². The molecule has 2 heteroatoms. The fourth-order valence-electron chi connectivity index (χ4n) is 0.827. The Morgan fingerprint density at radius 2 is 1.92 bits per heavy atom. The van der Waals surface area contributed by atoms with Gasteiger partial charge < -0.3 is 0 Å². The summed E-state index contributed by atoms with van der Waals surface area (Å²) in [5, 5.41) is 0. The van der Waals surface area contributed by atoms with Crippen LogP contribution in [0.5, 0.6) is 0 Å². The Bertz CT molecular complexity index is 282. The Kier molecular flexibility index (Phi) is 4.70. The lowest BCUT2D eigenvalue weighted by Gasteiger charge is -2.00. The Balaban J connectivity index is 2.16. The third kappa shape index (κ3) is 4.32. The van der Waals surface area contributed by atoms with Crippen LogP contribution in [0.3, 0.4) is 0 Å². The first kappa shape index (κ1) is 9.79. The normalized spacial score (nSPS) is 9.00. The summed E-state index contributed by atoms with van der Waals surface area (Å²) >= 11 is 0. The van der Waals surface area contributed by atoms with Crippen molar-refractivity contribution in [2.45, 2.75) is 13.5 Å². The third-order valence-electron chi connectivity index (χ3n) is 1.46. The molecule has 13 heavy (non-hydrogen) atoms. The fourth-order valence-corrected chi connectivity index (χ4v) is 0.827. The van der Waals surface area contributed by atoms with Crippen LogP contribution in [-0.2, 0) is 16.4 Å². The molecular formula is C11H12O2. The Labute approximate surface area is 78.4 Å². The maximum absolute atomic E-state index is 4.92. The smallest absolute Gasteiger partial charge is 0.143 e. The highest BCUT2D eigenvalue weighted by Crippen LogP contribution is 2.00. The maximum atomic E-state index is 4.92. The van der Waals surface area contributed by atoms with E-state index in [0.717, 1.165) is 5.56 Å². The summed E-state index contributed by atoms with van der Waals surface area (Å²) in [5.41, 5.74) is 1.09. The summed E-state index contributed by atoms with van der Waals surface area (Å²) in [6, 6.07) is 9.85. The van der Waals surface area contributed by atoms with Crippen molar-refractivity contribution in [3.05, 3.63) is 35.9 Å². The molecule has 0 unspecified atom stereocenters. The summed E-state index contributed by atoms with van der Waals surface area (Å²) < 4.78 is 0. The predicted octanol–water partition coefficient (Wildman–Crippen LogP) is 2.16. The summed E-state index contributed by atoms with van der Waals surface area (Å²) in [5.74, 6) is 5.45. The van der Waals surface area contributed by atoms with Gasteiger partial charge in [0, 0.05) is 0 Å². The third-order valence-corrected chi connectivity index (χ3v) is 1.46. The van der Waals surface area contributed by atoms with Gasteiger partial charge >= 0.3 is 0 Å². The summed E-state index contributed by atoms with van der Waals surface area (Å²) in [7, 11) is 0. The van der Waals surface area contributed by atoms with Gasteiger partial charge in [0.2, 0.25) is 0 Å². The second-order valence-electron chi connectivity index (χ2n) is 2.44. The van der Waals surface area contributed by atoms with E-state index < -0.39 is 0 Å². The molecule has 0 spiro atoms. The van der Waals surface area contributed by atoms with Crippen molar-refractivity contribution in [1.82, 2.24) is 0 Å². The average molecular weight is 176 g/mol. The molecule has 68 valence electrons. The van der Waals surface area contributed by atoms with Gasteiger partial charge in [0.1, 0.15) is 13.2 Å². The second kappa shape index (κ2) is 6.24. The van der Waals surface area contributed by atoms with Crippen LogP contribution < -0.4 is 0 Å². The molecule has 2 nitrogen and oxygen atoms in total. The number of hydrogen-bond acceptors (Lipinski definition) is 2. The van der Waals surface area contributed by atoms with Crippen molar-refractivity contribution in [3.63, 3.8) is 0 Å². The van der Waals surface area contributed by atoms with Gasteiger partial charge in [-0.25, -0.2) is 9.78 Å². The fraction of sp³-hybridized carbons (Fsp3) is 0.273. The van der Waals surface area contributed by atoms with Crippen molar-refractivity contribution in [2.75, 3.05) is 6.61 Å². The molecule has 0 bridgehead atoms. The van der Waals surface area contributed by atoms with E-state index in [1.165, 1.54) is 0 Å². The first-order valence-electron chi connectivity index (χ1n) is 4.11. The molecule has 1 aromatic carbocycles. The topological polar surface area (TPSA) is 18.5 Å². The van der Waals surface area contributed by atoms with Crippen LogP contribution in [0.2, 0.25) is 0 Å². The number of benzene rings is 1. The van der Waals surface area contributed by atoms with Crippen LogP contribution >= 0.6 is 0 Å². The van der Waals surface area contributed by atoms with E-state index in [1.54, 1.807) is 6.92 Å². The second-order valence-corrected chi connectivity index (χ2v) is 2.44. The maximum Gasteiger partial charge on any atom is 0.143 e. The standard InChI is InChI=1S/C11H12O2/c1-2-3-9-12-13-10-11-7-5-4-6-8-11/h4-8H,9-10H2,1H3. The Morgan fingerprint density at radius 1 is 1.15 bits per heavy atom. The molecule has 0 fully saturated rings. The van der Waals surface area contributed by atoms with Crippen LogP contribution in [0.25, 0.3) is 0 Å². The Hall–Kier alpha value is -1.30. The quantitative estimate of drug-likeness (QED) is 0.303. The molecule has 0 amide bonds. The zero-order chi connectivity index (χ0) is 9.36. The lowest BCUT2D eigenvalue weighted by Crippen LogP contribution is -1.95. The molecular weight excluding hydrogens is 164 g/mol. The minimum atomic E-state index is 0.323. The lowest BCUT2D eigenvalue weighted by atomic mass is 10.2. The van der Waals surface area contributed by atoms with E-state index >= 15 is 0 Å². The van der Waals surface area contributed by atoms with Crippen LogP contribution in [0.4, 0.5) is 0 Å². The molecule has 0 saturated carbocycles. The van der Waals surface area contributed by atoms with E-state index in [9.17, 15) is 0 Å².